The Morgan fingerprint density at radius 1 is 1.53 bits per heavy atom. The van der Waals surface area contributed by atoms with Gasteiger partial charge in [-0.1, -0.05) is 6.07 Å². The van der Waals surface area contributed by atoms with Gasteiger partial charge in [0.1, 0.15) is 0 Å². The molecule has 0 aliphatic rings. The van der Waals surface area contributed by atoms with Crippen LogP contribution in [-0.4, -0.2) is 28.1 Å². The highest BCUT2D eigenvalue weighted by molar-refractivity contribution is 7.09. The van der Waals surface area contributed by atoms with Gasteiger partial charge in [0, 0.05) is 18.1 Å². The molecule has 0 aliphatic carbocycles. The van der Waals surface area contributed by atoms with Gasteiger partial charge in [0.2, 0.25) is 5.95 Å². The molecule has 2 aromatic rings. The van der Waals surface area contributed by atoms with Gasteiger partial charge >= 0.3 is 5.97 Å². The SMILES string of the molecule is CN(Cc1cccs1)c1nccc(C(=O)O)n1. The molecule has 2 heterocycles. The molecule has 0 aliphatic heterocycles. The minimum Gasteiger partial charge on any atom is -0.477 e. The van der Waals surface area contributed by atoms with E-state index in [1.54, 1.807) is 11.3 Å². The lowest BCUT2D eigenvalue weighted by molar-refractivity contribution is 0.0690. The second kappa shape index (κ2) is 4.92. The Morgan fingerprint density at radius 3 is 3.00 bits per heavy atom. The lowest BCUT2D eigenvalue weighted by Gasteiger charge is -2.15. The summed E-state index contributed by atoms with van der Waals surface area (Å²) in [6.45, 7) is 0.667. The monoisotopic (exact) mass is 249 g/mol. The fourth-order valence-electron chi connectivity index (χ4n) is 1.36. The Kier molecular flexibility index (Phi) is 3.34. The van der Waals surface area contributed by atoms with Crippen LogP contribution in [0.5, 0.6) is 0 Å². The fourth-order valence-corrected chi connectivity index (χ4v) is 2.12. The number of thiophene rings is 1. The normalized spacial score (nSPS) is 10.2. The number of hydrogen-bond acceptors (Lipinski definition) is 5. The Labute approximate surface area is 102 Å². The second-order valence-electron chi connectivity index (χ2n) is 3.48. The van der Waals surface area contributed by atoms with Crippen LogP contribution in [0.25, 0.3) is 0 Å². The van der Waals surface area contributed by atoms with Crippen LogP contribution in [0.4, 0.5) is 5.95 Å². The largest absolute Gasteiger partial charge is 0.477 e. The summed E-state index contributed by atoms with van der Waals surface area (Å²) in [5.41, 5.74) is 0.00743. The number of carboxylic acids is 1. The zero-order valence-electron chi connectivity index (χ0n) is 9.20. The van der Waals surface area contributed by atoms with Gasteiger partial charge in [-0.3, -0.25) is 0 Å². The first-order chi connectivity index (χ1) is 8.16. The second-order valence-corrected chi connectivity index (χ2v) is 4.51. The van der Waals surface area contributed by atoms with E-state index in [-0.39, 0.29) is 5.69 Å². The molecule has 0 aromatic carbocycles. The van der Waals surface area contributed by atoms with Crippen LogP contribution in [0.3, 0.4) is 0 Å². The fraction of sp³-hybridized carbons (Fsp3) is 0.182. The van der Waals surface area contributed by atoms with Gasteiger partial charge in [-0.25, -0.2) is 14.8 Å². The van der Waals surface area contributed by atoms with Crippen molar-refractivity contribution in [1.29, 1.82) is 0 Å². The number of hydrogen-bond donors (Lipinski definition) is 1. The molecule has 6 heteroatoms. The van der Waals surface area contributed by atoms with Gasteiger partial charge in [-0.2, -0.15) is 0 Å². The minimum absolute atomic E-state index is 0.00743. The van der Waals surface area contributed by atoms with E-state index in [9.17, 15) is 4.79 Å². The van der Waals surface area contributed by atoms with Crippen LogP contribution in [0.1, 0.15) is 15.4 Å². The Morgan fingerprint density at radius 2 is 2.35 bits per heavy atom. The topological polar surface area (TPSA) is 66.3 Å². The average Bonchev–Trinajstić information content (AvgIpc) is 2.82. The minimum atomic E-state index is -1.04. The van der Waals surface area contributed by atoms with Gasteiger partial charge < -0.3 is 10.0 Å². The molecule has 2 aromatic heterocycles. The maximum atomic E-state index is 10.8. The quantitative estimate of drug-likeness (QED) is 0.896. The first-order valence-electron chi connectivity index (χ1n) is 4.96. The van der Waals surface area contributed by atoms with Crippen molar-refractivity contribution in [3.63, 3.8) is 0 Å². The first-order valence-corrected chi connectivity index (χ1v) is 5.84. The van der Waals surface area contributed by atoms with E-state index in [1.807, 2.05) is 29.5 Å². The number of aromatic carboxylic acids is 1. The highest BCUT2D eigenvalue weighted by atomic mass is 32.1. The maximum absolute atomic E-state index is 10.8. The summed E-state index contributed by atoms with van der Waals surface area (Å²) in [5, 5.41) is 10.8. The number of aromatic nitrogens is 2. The van der Waals surface area contributed by atoms with Crippen molar-refractivity contribution >= 4 is 23.3 Å². The van der Waals surface area contributed by atoms with E-state index in [4.69, 9.17) is 5.11 Å². The lowest BCUT2D eigenvalue weighted by Crippen LogP contribution is -2.19. The third-order valence-electron chi connectivity index (χ3n) is 2.18. The van der Waals surface area contributed by atoms with Crippen LogP contribution >= 0.6 is 11.3 Å². The van der Waals surface area contributed by atoms with Crippen LogP contribution < -0.4 is 4.90 Å². The predicted molar refractivity (Wildman–Crippen MR) is 65.4 cm³/mol. The summed E-state index contributed by atoms with van der Waals surface area (Å²) in [4.78, 5) is 21.8. The lowest BCUT2D eigenvalue weighted by atomic mass is 10.4. The smallest absolute Gasteiger partial charge is 0.354 e. The molecule has 0 atom stereocenters. The summed E-state index contributed by atoms with van der Waals surface area (Å²) < 4.78 is 0. The standard InChI is InChI=1S/C11H11N3O2S/c1-14(7-8-3-2-6-17-8)11-12-5-4-9(13-11)10(15)16/h2-6H,7H2,1H3,(H,15,16). The van der Waals surface area contributed by atoms with E-state index in [2.05, 4.69) is 9.97 Å². The molecule has 5 nitrogen and oxygen atoms in total. The molecule has 17 heavy (non-hydrogen) atoms. The molecule has 1 N–H and O–H groups in total. The van der Waals surface area contributed by atoms with Crippen LogP contribution in [0.2, 0.25) is 0 Å². The van der Waals surface area contributed by atoms with Crippen molar-refractivity contribution in [3.05, 3.63) is 40.3 Å². The van der Waals surface area contributed by atoms with Gasteiger partial charge in [-0.05, 0) is 17.5 Å². The molecule has 2 rings (SSSR count). The molecule has 0 fully saturated rings. The van der Waals surface area contributed by atoms with E-state index < -0.39 is 5.97 Å². The van der Waals surface area contributed by atoms with E-state index in [0.717, 1.165) is 0 Å². The molecular formula is C11H11N3O2S. The molecule has 0 spiro atoms. The van der Waals surface area contributed by atoms with Crippen molar-refractivity contribution in [2.75, 3.05) is 11.9 Å². The van der Waals surface area contributed by atoms with Crippen molar-refractivity contribution in [1.82, 2.24) is 9.97 Å². The van der Waals surface area contributed by atoms with Gasteiger partial charge in [-0.15, -0.1) is 11.3 Å². The Bertz CT molecular complexity index is 513. The number of rotatable bonds is 4. The molecule has 0 saturated heterocycles. The summed E-state index contributed by atoms with van der Waals surface area (Å²) in [6.07, 6.45) is 1.46. The third kappa shape index (κ3) is 2.79. The van der Waals surface area contributed by atoms with Crippen LogP contribution in [0.15, 0.2) is 29.8 Å². The zero-order chi connectivity index (χ0) is 12.3. The number of carboxylic acid groups (broad SMARTS) is 1. The summed E-state index contributed by atoms with van der Waals surface area (Å²) in [6, 6.07) is 5.37. The van der Waals surface area contributed by atoms with Crippen molar-refractivity contribution in [2.24, 2.45) is 0 Å². The van der Waals surface area contributed by atoms with Crippen LogP contribution in [0, 0.1) is 0 Å². The maximum Gasteiger partial charge on any atom is 0.354 e. The molecule has 0 bridgehead atoms. The van der Waals surface area contributed by atoms with E-state index >= 15 is 0 Å². The molecule has 0 amide bonds. The molecule has 0 radical (unpaired) electrons. The molecule has 88 valence electrons. The first kappa shape index (κ1) is 11.5. The molecule has 0 saturated carbocycles. The highest BCUT2D eigenvalue weighted by Crippen LogP contribution is 2.14. The Balaban J connectivity index is 2.16. The van der Waals surface area contributed by atoms with Gasteiger partial charge in [0.15, 0.2) is 5.69 Å². The summed E-state index contributed by atoms with van der Waals surface area (Å²) in [7, 11) is 1.83. The van der Waals surface area contributed by atoms with Gasteiger partial charge in [0.25, 0.3) is 0 Å². The number of anilines is 1. The molecular weight excluding hydrogens is 238 g/mol. The summed E-state index contributed by atoms with van der Waals surface area (Å²) in [5.74, 6) is -0.628. The molecule has 0 unspecified atom stereocenters. The Hall–Kier alpha value is -1.95. The van der Waals surface area contributed by atoms with E-state index in [1.165, 1.54) is 17.1 Å². The highest BCUT2D eigenvalue weighted by Gasteiger charge is 2.10. The third-order valence-corrected chi connectivity index (χ3v) is 3.04. The van der Waals surface area contributed by atoms with Crippen molar-refractivity contribution in [2.45, 2.75) is 6.54 Å². The van der Waals surface area contributed by atoms with Crippen LogP contribution in [-0.2, 0) is 6.54 Å². The zero-order valence-corrected chi connectivity index (χ0v) is 10.0. The number of nitrogens with zero attached hydrogens (tertiary/aromatic N) is 3. The van der Waals surface area contributed by atoms with Gasteiger partial charge in [0.05, 0.1) is 6.54 Å². The van der Waals surface area contributed by atoms with Crippen molar-refractivity contribution < 1.29 is 9.90 Å². The van der Waals surface area contributed by atoms with Crippen molar-refractivity contribution in [3.8, 4) is 0 Å². The van der Waals surface area contributed by atoms with E-state index in [0.29, 0.717) is 12.5 Å². The number of carbonyl (C=O) groups is 1. The predicted octanol–water partition coefficient (Wildman–Crippen LogP) is 1.87. The average molecular weight is 249 g/mol. The summed E-state index contributed by atoms with van der Waals surface area (Å²) >= 11 is 1.64.